The van der Waals surface area contributed by atoms with Gasteiger partial charge in [0, 0.05) is 102 Å². The van der Waals surface area contributed by atoms with E-state index in [1.165, 1.54) is 21.5 Å². The smallest absolute Gasteiger partial charge is 0.331 e. The fraction of sp³-hybridized carbons (Fsp3) is 0.652. The van der Waals surface area contributed by atoms with E-state index in [1.54, 1.807) is 52.3 Å². The topological polar surface area (TPSA) is 220 Å². The third kappa shape index (κ3) is 21.2. The molecule has 66 heavy (non-hydrogen) atoms. The number of nitrogens with one attached hydrogen (secondary N) is 2. The highest BCUT2D eigenvalue weighted by molar-refractivity contribution is 5.76. The van der Waals surface area contributed by atoms with Crippen LogP contribution in [0.5, 0.6) is 0 Å². The molecule has 20 nitrogen and oxygen atoms in total. The Morgan fingerprint density at radius 2 is 0.909 bits per heavy atom. The lowest BCUT2D eigenvalue weighted by Crippen LogP contribution is -2.42. The third-order valence-corrected chi connectivity index (χ3v) is 9.96. The van der Waals surface area contributed by atoms with Gasteiger partial charge in [-0.05, 0) is 51.7 Å². The summed E-state index contributed by atoms with van der Waals surface area (Å²) in [4.78, 5) is 79.1. The second-order valence-electron chi connectivity index (χ2n) is 15.9. The zero-order valence-corrected chi connectivity index (χ0v) is 39.7. The summed E-state index contributed by atoms with van der Waals surface area (Å²) in [6.07, 6.45) is 4.30. The minimum atomic E-state index is -0.579. The Labute approximate surface area is 386 Å². The van der Waals surface area contributed by atoms with E-state index >= 15 is 0 Å². The molecule has 1 aromatic carbocycles. The van der Waals surface area contributed by atoms with Crippen molar-refractivity contribution in [1.29, 1.82) is 0 Å². The molecule has 2 heterocycles. The van der Waals surface area contributed by atoms with E-state index in [2.05, 4.69) is 10.6 Å². The van der Waals surface area contributed by atoms with Crippen LogP contribution < -0.4 is 33.1 Å². The highest BCUT2D eigenvalue weighted by Gasteiger charge is 2.16. The maximum atomic E-state index is 13.6. The second kappa shape index (κ2) is 32.0. The van der Waals surface area contributed by atoms with Crippen molar-refractivity contribution in [3.8, 4) is 0 Å². The maximum absolute atomic E-state index is 13.6. The quantitative estimate of drug-likeness (QED) is 0.0779. The Morgan fingerprint density at radius 3 is 1.30 bits per heavy atom. The standard InChI is InChI=1S/C46H72N6O14/c1-35-29-49(14-12-41(53)47-37(3)33-65-18-8-16-61-24-26-63-22-20-59-5)45(57)51(43(35)55)31-39-10-7-11-40(28-39)32-52-44(56)36(2)30-50(46(52)58)15-13-42(54)48-38(4)34-66-19-9-17-62-25-27-64-23-21-60-6/h7,10-11,28-30,37-38H,8-9,12-27,31-34H2,1-6H3,(H,47,53)(H,48,54)/t37-,38-/m0/s1. The van der Waals surface area contributed by atoms with E-state index in [1.807, 2.05) is 13.8 Å². The Morgan fingerprint density at radius 1 is 0.545 bits per heavy atom. The predicted molar refractivity (Wildman–Crippen MR) is 246 cm³/mol. The van der Waals surface area contributed by atoms with Gasteiger partial charge in [0.25, 0.3) is 11.1 Å². The first-order valence-corrected chi connectivity index (χ1v) is 22.6. The largest absolute Gasteiger partial charge is 0.382 e. The summed E-state index contributed by atoms with van der Waals surface area (Å²) >= 11 is 0. The number of aromatic nitrogens is 4. The van der Waals surface area contributed by atoms with Gasteiger partial charge in [0.05, 0.1) is 79.2 Å². The number of hydrogen-bond donors (Lipinski definition) is 2. The maximum Gasteiger partial charge on any atom is 0.331 e. The number of carbonyl (C=O) groups excluding carboxylic acids is 2. The van der Waals surface area contributed by atoms with Crippen LogP contribution in [0.1, 0.15) is 61.8 Å². The molecule has 0 radical (unpaired) electrons. The van der Waals surface area contributed by atoms with Crippen LogP contribution in [0.3, 0.4) is 0 Å². The van der Waals surface area contributed by atoms with E-state index in [4.69, 9.17) is 37.9 Å². The molecule has 0 saturated heterocycles. The summed E-state index contributed by atoms with van der Waals surface area (Å²) in [5.41, 5.74) is -0.261. The molecule has 2 N–H and O–H groups in total. The normalized spacial score (nSPS) is 12.3. The first-order chi connectivity index (χ1) is 31.8. The van der Waals surface area contributed by atoms with Crippen molar-refractivity contribution in [2.24, 2.45) is 0 Å². The van der Waals surface area contributed by atoms with E-state index in [0.717, 1.165) is 9.13 Å². The van der Waals surface area contributed by atoms with Crippen molar-refractivity contribution < 1.29 is 47.5 Å². The van der Waals surface area contributed by atoms with E-state index < -0.39 is 22.5 Å². The van der Waals surface area contributed by atoms with Crippen molar-refractivity contribution in [3.05, 3.63) is 101 Å². The number of hydrogen-bond acceptors (Lipinski definition) is 14. The molecule has 2 amide bonds. The molecule has 0 aliphatic rings. The first kappa shape index (κ1) is 55.5. The van der Waals surface area contributed by atoms with Crippen molar-refractivity contribution in [3.63, 3.8) is 0 Å². The number of rotatable bonds is 36. The highest BCUT2D eigenvalue weighted by Crippen LogP contribution is 2.08. The van der Waals surface area contributed by atoms with Gasteiger partial charge in [-0.1, -0.05) is 24.3 Å². The monoisotopic (exact) mass is 933 g/mol. The van der Waals surface area contributed by atoms with Gasteiger partial charge in [-0.25, -0.2) is 9.59 Å². The van der Waals surface area contributed by atoms with Crippen molar-refractivity contribution in [2.45, 2.75) is 91.6 Å². The van der Waals surface area contributed by atoms with Crippen LogP contribution in [-0.4, -0.2) is 149 Å². The second-order valence-corrected chi connectivity index (χ2v) is 15.9. The molecule has 0 saturated carbocycles. The van der Waals surface area contributed by atoms with E-state index in [9.17, 15) is 28.8 Å². The molecule has 2 aromatic heterocycles. The van der Waals surface area contributed by atoms with Crippen LogP contribution >= 0.6 is 0 Å². The van der Waals surface area contributed by atoms with Crippen LogP contribution in [0, 0.1) is 13.8 Å². The van der Waals surface area contributed by atoms with Crippen molar-refractivity contribution >= 4 is 11.8 Å². The van der Waals surface area contributed by atoms with Gasteiger partial charge >= 0.3 is 11.4 Å². The molecule has 0 spiro atoms. The first-order valence-electron chi connectivity index (χ1n) is 22.6. The molecule has 3 aromatic rings. The van der Waals surface area contributed by atoms with Gasteiger partial charge < -0.3 is 48.5 Å². The summed E-state index contributed by atoms with van der Waals surface area (Å²) < 4.78 is 47.8. The molecule has 0 aliphatic heterocycles. The Kier molecular flexibility index (Phi) is 26.9. The molecule has 0 unspecified atom stereocenters. The fourth-order valence-corrected chi connectivity index (χ4v) is 6.58. The predicted octanol–water partition coefficient (Wildman–Crippen LogP) is 1.01. The SMILES string of the molecule is COCCOCCOCCCOC[C@H](C)NC(=O)CCn1cc(C)c(=O)n(Cc2cccc(Cn3c(=O)c(C)cn(CCC(=O)N[C@@H](C)COCCCOCCOCCOC)c3=O)c2)c1=O. The summed E-state index contributed by atoms with van der Waals surface area (Å²) in [6, 6.07) is 6.42. The molecule has 370 valence electrons. The van der Waals surface area contributed by atoms with Crippen LogP contribution in [-0.2, 0) is 73.7 Å². The number of benzene rings is 1. The van der Waals surface area contributed by atoms with Crippen LogP contribution in [0.15, 0.2) is 55.8 Å². The number of methoxy groups -OCH3 is 2. The van der Waals surface area contributed by atoms with Gasteiger partial charge in [0.15, 0.2) is 0 Å². The molecular weight excluding hydrogens is 861 g/mol. The average Bonchev–Trinajstić information content (AvgIpc) is 3.29. The Bertz CT molecular complexity index is 1990. The summed E-state index contributed by atoms with van der Waals surface area (Å²) in [5, 5.41) is 5.76. The zero-order chi connectivity index (χ0) is 48.1. The lowest BCUT2D eigenvalue weighted by Gasteiger charge is -2.16. The average molecular weight is 933 g/mol. The summed E-state index contributed by atoms with van der Waals surface area (Å²) in [5.74, 6) is -0.541. The van der Waals surface area contributed by atoms with Gasteiger partial charge in [-0.15, -0.1) is 0 Å². The van der Waals surface area contributed by atoms with E-state index in [0.29, 0.717) is 128 Å². The fourth-order valence-electron chi connectivity index (χ4n) is 6.58. The minimum absolute atomic E-state index is 0.00413. The van der Waals surface area contributed by atoms with Crippen molar-refractivity contribution in [2.75, 3.05) is 107 Å². The lowest BCUT2D eigenvalue weighted by atomic mass is 10.1. The molecule has 2 atom stereocenters. The van der Waals surface area contributed by atoms with Crippen LogP contribution in [0.2, 0.25) is 0 Å². The molecule has 0 fully saturated rings. The molecular formula is C46H72N6O14. The summed E-state index contributed by atoms with van der Waals surface area (Å²) in [7, 11) is 3.24. The number of carbonyl (C=O) groups is 2. The zero-order valence-electron chi connectivity index (χ0n) is 39.7. The minimum Gasteiger partial charge on any atom is -0.382 e. The number of amides is 2. The highest BCUT2D eigenvalue weighted by atomic mass is 16.5. The van der Waals surface area contributed by atoms with Gasteiger partial charge in [-0.3, -0.25) is 37.4 Å². The lowest BCUT2D eigenvalue weighted by molar-refractivity contribution is -0.123. The van der Waals surface area contributed by atoms with Gasteiger partial charge in [0.1, 0.15) is 0 Å². The Balaban J connectivity index is 1.49. The van der Waals surface area contributed by atoms with Crippen molar-refractivity contribution in [1.82, 2.24) is 28.9 Å². The summed E-state index contributed by atoms with van der Waals surface area (Å²) in [6.45, 7) is 13.5. The number of aryl methyl sites for hydroxylation is 4. The van der Waals surface area contributed by atoms with Gasteiger partial charge in [-0.2, -0.15) is 0 Å². The van der Waals surface area contributed by atoms with Gasteiger partial charge in [0.2, 0.25) is 11.8 Å². The van der Waals surface area contributed by atoms with Crippen LogP contribution in [0.25, 0.3) is 0 Å². The van der Waals surface area contributed by atoms with Crippen LogP contribution in [0.4, 0.5) is 0 Å². The number of ether oxygens (including phenoxy) is 8. The molecule has 0 bridgehead atoms. The molecule has 20 heteroatoms. The van der Waals surface area contributed by atoms with E-state index in [-0.39, 0.29) is 62.9 Å². The number of nitrogens with zero attached hydrogens (tertiary/aromatic N) is 4. The Hall–Kier alpha value is -4.80. The molecule has 0 aliphatic carbocycles. The molecule has 3 rings (SSSR count). The third-order valence-electron chi connectivity index (χ3n) is 9.96.